The molecule has 1 rings (SSSR count). The van der Waals surface area contributed by atoms with E-state index < -0.39 is 0 Å². The Kier molecular flexibility index (Phi) is 4.11. The molecule has 0 saturated heterocycles. The van der Waals surface area contributed by atoms with Gasteiger partial charge in [0.1, 0.15) is 0 Å². The van der Waals surface area contributed by atoms with E-state index in [0.29, 0.717) is 0 Å². The van der Waals surface area contributed by atoms with Crippen LogP contribution in [-0.2, 0) is 6.54 Å². The highest BCUT2D eigenvalue weighted by molar-refractivity contribution is 7.09. The largest absolute Gasteiger partial charge is 0.396 e. The van der Waals surface area contributed by atoms with Gasteiger partial charge >= 0.3 is 0 Å². The van der Waals surface area contributed by atoms with Crippen molar-refractivity contribution in [3.05, 3.63) is 16.6 Å². The summed E-state index contributed by atoms with van der Waals surface area (Å²) in [4.78, 5) is 5.19. The zero-order valence-electron chi connectivity index (χ0n) is 6.29. The van der Waals surface area contributed by atoms with Gasteiger partial charge in [-0.3, -0.25) is 4.98 Å². The van der Waals surface area contributed by atoms with Crippen LogP contribution in [0.1, 0.15) is 11.3 Å². The zero-order valence-corrected chi connectivity index (χ0v) is 7.10. The molecule has 1 aromatic heterocycles. The van der Waals surface area contributed by atoms with Crippen LogP contribution in [0.4, 0.5) is 0 Å². The lowest BCUT2D eigenvalue weighted by atomic mass is 10.4. The maximum absolute atomic E-state index is 8.47. The minimum Gasteiger partial charge on any atom is -0.396 e. The van der Waals surface area contributed by atoms with Crippen molar-refractivity contribution in [2.24, 2.45) is 0 Å². The topological polar surface area (TPSA) is 45.1 Å². The summed E-state index contributed by atoms with van der Waals surface area (Å²) in [6.07, 6.45) is 2.68. The Bertz CT molecular complexity index is 177. The number of thiazole rings is 1. The second-order valence-electron chi connectivity index (χ2n) is 2.22. The van der Waals surface area contributed by atoms with Gasteiger partial charge < -0.3 is 10.4 Å². The van der Waals surface area contributed by atoms with Gasteiger partial charge in [0.25, 0.3) is 0 Å². The van der Waals surface area contributed by atoms with Crippen molar-refractivity contribution in [2.45, 2.75) is 13.0 Å². The first-order chi connectivity index (χ1) is 5.43. The van der Waals surface area contributed by atoms with E-state index in [9.17, 15) is 0 Å². The van der Waals surface area contributed by atoms with Gasteiger partial charge in [-0.25, -0.2) is 0 Å². The Morgan fingerprint density at radius 2 is 2.55 bits per heavy atom. The van der Waals surface area contributed by atoms with E-state index in [4.69, 9.17) is 5.11 Å². The number of aliphatic hydroxyl groups is 1. The maximum atomic E-state index is 8.47. The van der Waals surface area contributed by atoms with E-state index in [0.717, 1.165) is 19.5 Å². The quantitative estimate of drug-likeness (QED) is 0.640. The SMILES string of the molecule is OCCCNCc1cncs1. The highest BCUT2D eigenvalue weighted by atomic mass is 32.1. The summed E-state index contributed by atoms with van der Waals surface area (Å²) in [5.74, 6) is 0. The third-order valence-electron chi connectivity index (χ3n) is 1.29. The molecule has 0 bridgehead atoms. The standard InChI is InChI=1S/C7H12N2OS/c10-3-1-2-8-4-7-5-9-6-11-7/h5-6,8,10H,1-4H2. The lowest BCUT2D eigenvalue weighted by Gasteiger charge is -1.98. The Hall–Kier alpha value is -0.450. The molecule has 0 fully saturated rings. The number of nitrogens with one attached hydrogen (secondary N) is 1. The molecule has 1 heterocycles. The number of rotatable bonds is 5. The minimum absolute atomic E-state index is 0.260. The lowest BCUT2D eigenvalue weighted by molar-refractivity contribution is 0.286. The normalized spacial score (nSPS) is 10.3. The predicted molar refractivity (Wildman–Crippen MR) is 45.5 cm³/mol. The van der Waals surface area contributed by atoms with Crippen LogP contribution in [0.25, 0.3) is 0 Å². The fraction of sp³-hybridized carbons (Fsp3) is 0.571. The van der Waals surface area contributed by atoms with Crippen molar-refractivity contribution in [1.29, 1.82) is 0 Å². The number of hydrogen-bond acceptors (Lipinski definition) is 4. The molecule has 0 atom stereocenters. The van der Waals surface area contributed by atoms with E-state index in [1.807, 2.05) is 11.7 Å². The van der Waals surface area contributed by atoms with Gasteiger partial charge in [0.05, 0.1) is 5.51 Å². The van der Waals surface area contributed by atoms with Gasteiger partial charge in [0, 0.05) is 24.2 Å². The smallest absolute Gasteiger partial charge is 0.0794 e. The fourth-order valence-corrected chi connectivity index (χ4v) is 1.31. The molecule has 0 unspecified atom stereocenters. The Morgan fingerprint density at radius 3 is 3.18 bits per heavy atom. The second-order valence-corrected chi connectivity index (χ2v) is 3.19. The van der Waals surface area contributed by atoms with Crippen LogP contribution < -0.4 is 5.32 Å². The zero-order chi connectivity index (χ0) is 7.94. The second kappa shape index (κ2) is 5.23. The van der Waals surface area contributed by atoms with Crippen LogP contribution >= 0.6 is 11.3 Å². The van der Waals surface area contributed by atoms with Crippen molar-refractivity contribution in [3.63, 3.8) is 0 Å². The summed E-state index contributed by atoms with van der Waals surface area (Å²) in [7, 11) is 0. The van der Waals surface area contributed by atoms with Gasteiger partial charge in [-0.05, 0) is 13.0 Å². The van der Waals surface area contributed by atoms with Crippen LogP contribution in [0.3, 0.4) is 0 Å². The minimum atomic E-state index is 0.260. The van der Waals surface area contributed by atoms with Crippen molar-refractivity contribution in [1.82, 2.24) is 10.3 Å². The maximum Gasteiger partial charge on any atom is 0.0794 e. The van der Waals surface area contributed by atoms with Crippen molar-refractivity contribution in [3.8, 4) is 0 Å². The average molecular weight is 172 g/mol. The van der Waals surface area contributed by atoms with Gasteiger partial charge in [-0.2, -0.15) is 0 Å². The summed E-state index contributed by atoms with van der Waals surface area (Å²) in [5.41, 5.74) is 1.82. The molecule has 1 aromatic rings. The molecular formula is C7H12N2OS. The third kappa shape index (κ3) is 3.46. The van der Waals surface area contributed by atoms with Crippen molar-refractivity contribution < 1.29 is 5.11 Å². The number of nitrogens with zero attached hydrogens (tertiary/aromatic N) is 1. The van der Waals surface area contributed by atoms with Crippen molar-refractivity contribution >= 4 is 11.3 Å². The molecule has 0 aromatic carbocycles. The molecule has 0 spiro atoms. The lowest BCUT2D eigenvalue weighted by Crippen LogP contribution is -2.14. The molecular weight excluding hydrogens is 160 g/mol. The highest BCUT2D eigenvalue weighted by Gasteiger charge is 1.91. The molecule has 62 valence electrons. The summed E-state index contributed by atoms with van der Waals surface area (Å²) >= 11 is 1.64. The van der Waals surface area contributed by atoms with Crippen LogP contribution in [0.5, 0.6) is 0 Å². The molecule has 0 aliphatic heterocycles. The molecule has 0 aliphatic carbocycles. The van der Waals surface area contributed by atoms with E-state index in [-0.39, 0.29) is 6.61 Å². The first-order valence-electron chi connectivity index (χ1n) is 3.62. The third-order valence-corrected chi connectivity index (χ3v) is 2.07. The van der Waals surface area contributed by atoms with E-state index in [2.05, 4.69) is 10.3 Å². The molecule has 0 aliphatic rings. The average Bonchev–Trinajstić information content (AvgIpc) is 2.50. The van der Waals surface area contributed by atoms with Crippen LogP contribution in [0.15, 0.2) is 11.7 Å². The Labute approximate surface area is 70.1 Å². The first-order valence-corrected chi connectivity index (χ1v) is 4.50. The molecule has 4 heteroatoms. The van der Waals surface area contributed by atoms with E-state index in [1.165, 1.54) is 4.88 Å². The molecule has 11 heavy (non-hydrogen) atoms. The van der Waals surface area contributed by atoms with Crippen LogP contribution in [0.2, 0.25) is 0 Å². The Morgan fingerprint density at radius 1 is 1.64 bits per heavy atom. The molecule has 0 amide bonds. The summed E-state index contributed by atoms with van der Waals surface area (Å²) < 4.78 is 0. The molecule has 3 nitrogen and oxygen atoms in total. The number of hydrogen-bond donors (Lipinski definition) is 2. The molecule has 2 N–H and O–H groups in total. The van der Waals surface area contributed by atoms with Gasteiger partial charge in [-0.1, -0.05) is 0 Å². The molecule has 0 radical (unpaired) electrons. The first kappa shape index (κ1) is 8.64. The summed E-state index contributed by atoms with van der Waals surface area (Å²) in [6.45, 7) is 1.99. The monoisotopic (exact) mass is 172 g/mol. The summed E-state index contributed by atoms with van der Waals surface area (Å²) in [6, 6.07) is 0. The van der Waals surface area contributed by atoms with Gasteiger partial charge in [0.15, 0.2) is 0 Å². The van der Waals surface area contributed by atoms with Crippen LogP contribution in [-0.4, -0.2) is 23.2 Å². The van der Waals surface area contributed by atoms with E-state index >= 15 is 0 Å². The van der Waals surface area contributed by atoms with Gasteiger partial charge in [-0.15, -0.1) is 11.3 Å². The summed E-state index contributed by atoms with van der Waals surface area (Å²) in [5, 5.41) is 11.7. The fourth-order valence-electron chi connectivity index (χ4n) is 0.745. The molecule has 0 saturated carbocycles. The van der Waals surface area contributed by atoms with Gasteiger partial charge in [0.2, 0.25) is 0 Å². The van der Waals surface area contributed by atoms with Crippen molar-refractivity contribution in [2.75, 3.05) is 13.2 Å². The number of aromatic nitrogens is 1. The predicted octanol–water partition coefficient (Wildman–Crippen LogP) is 0.615. The number of aliphatic hydroxyl groups excluding tert-OH is 1. The van der Waals surface area contributed by atoms with Crippen LogP contribution in [0, 0.1) is 0 Å². The van der Waals surface area contributed by atoms with E-state index in [1.54, 1.807) is 11.3 Å². The highest BCUT2D eigenvalue weighted by Crippen LogP contribution is 2.03. The Balaban J connectivity index is 2.04.